The molecule has 0 radical (unpaired) electrons. The van der Waals surface area contributed by atoms with Crippen LogP contribution in [0.5, 0.6) is 0 Å². The molecule has 140 valence electrons. The molecule has 5 nitrogen and oxygen atoms in total. The van der Waals surface area contributed by atoms with Crippen LogP contribution in [0.1, 0.15) is 32.2 Å². The average molecular weight is 391 g/mol. The van der Waals surface area contributed by atoms with Crippen LogP contribution in [0.3, 0.4) is 0 Å². The number of nitrogens with two attached hydrogens (primary N) is 1. The summed E-state index contributed by atoms with van der Waals surface area (Å²) < 4.78 is 16.0. The summed E-state index contributed by atoms with van der Waals surface area (Å²) in [7, 11) is 0. The van der Waals surface area contributed by atoms with Gasteiger partial charge in [-0.15, -0.1) is 24.8 Å². The van der Waals surface area contributed by atoms with Crippen LogP contribution in [0.4, 0.5) is 4.39 Å². The van der Waals surface area contributed by atoms with Crippen molar-refractivity contribution in [1.29, 1.82) is 0 Å². The van der Waals surface area contributed by atoms with Crippen molar-refractivity contribution in [1.82, 2.24) is 14.9 Å². The summed E-state index contributed by atoms with van der Waals surface area (Å²) in [5.41, 5.74) is 6.69. The number of carbonyl (C=O) groups excluding carboxylic acids is 1. The molecule has 1 aromatic carbocycles. The summed E-state index contributed by atoms with van der Waals surface area (Å²) in [5, 5.41) is 2.75. The van der Waals surface area contributed by atoms with Crippen molar-refractivity contribution in [3.63, 3.8) is 0 Å². The summed E-state index contributed by atoms with van der Waals surface area (Å²) in [6.45, 7) is 7.75. The van der Waals surface area contributed by atoms with Gasteiger partial charge in [0.2, 0.25) is 5.91 Å². The Morgan fingerprint density at radius 1 is 1.36 bits per heavy atom. The normalized spacial score (nSPS) is 11.9. The first kappa shape index (κ1) is 23.4. The molecule has 0 aliphatic carbocycles. The minimum atomic E-state index is -0.611. The van der Waals surface area contributed by atoms with E-state index in [-0.39, 0.29) is 48.5 Å². The first-order chi connectivity index (χ1) is 10.7. The van der Waals surface area contributed by atoms with Gasteiger partial charge in [0, 0.05) is 18.9 Å². The second-order valence-corrected chi connectivity index (χ2v) is 6.69. The Hall–Kier alpha value is -1.63. The molecule has 0 unspecified atom stereocenters. The molecule has 2 aromatic rings. The molecule has 8 heteroatoms. The van der Waals surface area contributed by atoms with Crippen LogP contribution in [-0.4, -0.2) is 21.5 Å². The molecule has 1 heterocycles. The van der Waals surface area contributed by atoms with Crippen LogP contribution >= 0.6 is 24.8 Å². The van der Waals surface area contributed by atoms with E-state index < -0.39 is 6.04 Å². The molecule has 1 amide bonds. The number of amides is 1. The first-order valence-corrected chi connectivity index (χ1v) is 7.52. The van der Waals surface area contributed by atoms with Gasteiger partial charge in [-0.05, 0) is 30.0 Å². The first-order valence-electron chi connectivity index (χ1n) is 7.52. The molecular weight excluding hydrogens is 366 g/mol. The fourth-order valence-electron chi connectivity index (χ4n) is 2.18. The molecule has 1 atom stereocenters. The van der Waals surface area contributed by atoms with E-state index in [1.54, 1.807) is 29.1 Å². The predicted molar refractivity (Wildman–Crippen MR) is 102 cm³/mol. The molecule has 0 aliphatic heterocycles. The zero-order chi connectivity index (χ0) is 17.2. The lowest BCUT2D eigenvalue weighted by Gasteiger charge is -2.25. The van der Waals surface area contributed by atoms with Gasteiger partial charge in [0.05, 0.1) is 11.7 Å². The quantitative estimate of drug-likeness (QED) is 0.841. The van der Waals surface area contributed by atoms with E-state index in [1.165, 1.54) is 6.07 Å². The number of hydrogen-bond donors (Lipinski definition) is 2. The highest BCUT2D eigenvalue weighted by molar-refractivity contribution is 5.85. The lowest BCUT2D eigenvalue weighted by molar-refractivity contribution is -0.124. The van der Waals surface area contributed by atoms with Crippen LogP contribution < -0.4 is 11.1 Å². The molecule has 1 aromatic heterocycles. The summed E-state index contributed by atoms with van der Waals surface area (Å²) >= 11 is 0. The van der Waals surface area contributed by atoms with Gasteiger partial charge in [0.25, 0.3) is 0 Å². The maximum absolute atomic E-state index is 14.3. The highest BCUT2D eigenvalue weighted by Crippen LogP contribution is 2.18. The van der Waals surface area contributed by atoms with Crippen LogP contribution in [0.25, 0.3) is 5.69 Å². The van der Waals surface area contributed by atoms with Gasteiger partial charge in [-0.1, -0.05) is 26.8 Å². The van der Waals surface area contributed by atoms with Crippen LogP contribution in [0.2, 0.25) is 0 Å². The zero-order valence-corrected chi connectivity index (χ0v) is 16.4. The van der Waals surface area contributed by atoms with E-state index in [0.717, 1.165) is 0 Å². The van der Waals surface area contributed by atoms with E-state index >= 15 is 0 Å². The molecule has 0 spiro atoms. The van der Waals surface area contributed by atoms with Crippen LogP contribution in [0, 0.1) is 18.2 Å². The number of nitrogens with zero attached hydrogens (tertiary/aromatic N) is 2. The van der Waals surface area contributed by atoms with Crippen molar-refractivity contribution in [3.05, 3.63) is 47.8 Å². The van der Waals surface area contributed by atoms with Gasteiger partial charge >= 0.3 is 0 Å². The molecular formula is C17H25Cl2FN4O. The lowest BCUT2D eigenvalue weighted by atomic mass is 9.87. The molecule has 0 saturated carbocycles. The highest BCUT2D eigenvalue weighted by Gasteiger charge is 2.27. The molecule has 0 bridgehead atoms. The predicted octanol–water partition coefficient (Wildman–Crippen LogP) is 3.15. The van der Waals surface area contributed by atoms with Gasteiger partial charge in [-0.2, -0.15) is 0 Å². The third-order valence-corrected chi connectivity index (χ3v) is 3.78. The Labute approximate surface area is 160 Å². The van der Waals surface area contributed by atoms with Crippen molar-refractivity contribution < 1.29 is 9.18 Å². The molecule has 0 fully saturated rings. The Morgan fingerprint density at radius 2 is 2.00 bits per heavy atom. The zero-order valence-electron chi connectivity index (χ0n) is 14.7. The number of hydrogen-bond acceptors (Lipinski definition) is 3. The largest absolute Gasteiger partial charge is 0.351 e. The number of nitrogens with one attached hydrogen (secondary N) is 1. The number of carbonyl (C=O) groups is 1. The van der Waals surface area contributed by atoms with Crippen molar-refractivity contribution in [2.45, 2.75) is 40.3 Å². The Bertz CT molecular complexity index is 713. The lowest BCUT2D eigenvalue weighted by Crippen LogP contribution is -2.48. The summed E-state index contributed by atoms with van der Waals surface area (Å²) in [6, 6.07) is 4.26. The van der Waals surface area contributed by atoms with Crippen LogP contribution in [0.15, 0.2) is 30.6 Å². The number of imidazole rings is 1. The number of aromatic nitrogens is 2. The van der Waals surface area contributed by atoms with Crippen molar-refractivity contribution in [2.24, 2.45) is 11.1 Å². The number of rotatable bonds is 4. The van der Waals surface area contributed by atoms with Crippen LogP contribution in [-0.2, 0) is 11.3 Å². The summed E-state index contributed by atoms with van der Waals surface area (Å²) in [6.07, 6.45) is 3.33. The highest BCUT2D eigenvalue weighted by atomic mass is 35.5. The van der Waals surface area contributed by atoms with Gasteiger partial charge in [0.1, 0.15) is 11.6 Å². The number of aryl methyl sites for hydroxylation is 1. The van der Waals surface area contributed by atoms with Gasteiger partial charge in [-0.3, -0.25) is 4.79 Å². The Balaban J connectivity index is 0.00000288. The van der Waals surface area contributed by atoms with Crippen molar-refractivity contribution >= 4 is 30.7 Å². The molecule has 3 N–H and O–H groups in total. The third kappa shape index (κ3) is 5.70. The van der Waals surface area contributed by atoms with E-state index in [1.807, 2.05) is 27.7 Å². The fourth-order valence-corrected chi connectivity index (χ4v) is 2.18. The van der Waals surface area contributed by atoms with E-state index in [0.29, 0.717) is 17.1 Å². The van der Waals surface area contributed by atoms with Gasteiger partial charge < -0.3 is 15.6 Å². The second-order valence-electron chi connectivity index (χ2n) is 6.69. The summed E-state index contributed by atoms with van der Waals surface area (Å²) in [5.74, 6) is 0.103. The molecule has 0 aliphatic rings. The number of halogens is 3. The standard InChI is InChI=1S/C17H23FN4O.2ClH/c1-11-20-7-8-22(11)14-6-5-12(9-13(14)18)10-21-16(23)15(19)17(2,3)4;;/h5-9,15H,10,19H2,1-4H3,(H,21,23);2*1H/t15-;;/m1../s1. The Kier molecular flexibility index (Phi) is 8.58. The summed E-state index contributed by atoms with van der Waals surface area (Å²) in [4.78, 5) is 16.1. The van der Waals surface area contributed by atoms with E-state index in [9.17, 15) is 9.18 Å². The maximum Gasteiger partial charge on any atom is 0.237 e. The molecule has 0 saturated heterocycles. The second kappa shape index (κ2) is 9.17. The Morgan fingerprint density at radius 3 is 2.48 bits per heavy atom. The minimum absolute atomic E-state index is 0. The monoisotopic (exact) mass is 390 g/mol. The topological polar surface area (TPSA) is 72.9 Å². The fraction of sp³-hybridized carbons (Fsp3) is 0.412. The maximum atomic E-state index is 14.3. The van der Waals surface area contributed by atoms with Gasteiger partial charge in [0.15, 0.2) is 0 Å². The van der Waals surface area contributed by atoms with Crippen molar-refractivity contribution in [2.75, 3.05) is 0 Å². The minimum Gasteiger partial charge on any atom is -0.351 e. The molecule has 2 rings (SSSR count). The average Bonchev–Trinajstić information content (AvgIpc) is 2.89. The van der Waals surface area contributed by atoms with Crippen molar-refractivity contribution in [3.8, 4) is 5.69 Å². The number of benzene rings is 1. The van der Waals surface area contributed by atoms with Gasteiger partial charge in [-0.25, -0.2) is 9.37 Å². The van der Waals surface area contributed by atoms with E-state index in [4.69, 9.17) is 5.73 Å². The SMILES string of the molecule is Cc1nccn1-c1ccc(CNC(=O)[C@@H](N)C(C)(C)C)cc1F.Cl.Cl. The third-order valence-electron chi connectivity index (χ3n) is 3.78. The smallest absolute Gasteiger partial charge is 0.237 e. The molecule has 25 heavy (non-hydrogen) atoms. The van der Waals surface area contributed by atoms with E-state index in [2.05, 4.69) is 10.3 Å².